The highest BCUT2D eigenvalue weighted by molar-refractivity contribution is 7.99. The molecular weight excluding hydrogens is 378 g/mol. The van der Waals surface area contributed by atoms with Crippen molar-refractivity contribution in [2.24, 2.45) is 0 Å². The molecule has 3 nitrogen and oxygen atoms in total. The molecule has 5 heteroatoms. The van der Waals surface area contributed by atoms with Crippen LogP contribution in [0.4, 0.5) is 0 Å². The maximum atomic E-state index is 12.2. The number of carboxylic acids is 1. The highest BCUT2D eigenvalue weighted by Crippen LogP contribution is 2.40. The lowest BCUT2D eigenvalue weighted by atomic mass is 10.2. The maximum absolute atomic E-state index is 12.2. The average molecular weight is 394 g/mol. The third-order valence-corrected chi connectivity index (χ3v) is 5.69. The molecule has 1 N–H and O–H groups in total. The van der Waals surface area contributed by atoms with Gasteiger partial charge in [0.2, 0.25) is 0 Å². The number of carboxylic acid groups (broad SMARTS) is 1. The summed E-state index contributed by atoms with van der Waals surface area (Å²) in [4.78, 5) is 13.9. The maximum Gasteiger partial charge on any atom is 0.353 e. The summed E-state index contributed by atoms with van der Waals surface area (Å²) >= 11 is 7.68. The third-order valence-electron chi connectivity index (χ3n) is 4.33. The van der Waals surface area contributed by atoms with Crippen LogP contribution in [0.3, 0.4) is 0 Å². The molecule has 0 saturated heterocycles. The van der Waals surface area contributed by atoms with Crippen LogP contribution in [-0.4, -0.2) is 15.6 Å². The smallest absolute Gasteiger partial charge is 0.353 e. The SMILES string of the molecule is O=C(O)c1c(Sc2ccccc2)c2cc(Cl)ccc2n1Cc1ccccc1. The molecule has 0 aliphatic rings. The lowest BCUT2D eigenvalue weighted by Gasteiger charge is -2.09. The molecule has 0 amide bonds. The summed E-state index contributed by atoms with van der Waals surface area (Å²) in [6, 6.07) is 25.2. The van der Waals surface area contributed by atoms with Crippen molar-refractivity contribution >= 4 is 40.2 Å². The highest BCUT2D eigenvalue weighted by atomic mass is 35.5. The quantitative estimate of drug-likeness (QED) is 0.439. The molecule has 1 aromatic heterocycles. The van der Waals surface area contributed by atoms with Crippen LogP contribution in [0.5, 0.6) is 0 Å². The van der Waals surface area contributed by atoms with E-state index in [1.807, 2.05) is 77.4 Å². The molecule has 0 bridgehead atoms. The molecule has 0 aliphatic carbocycles. The Kier molecular flexibility index (Phi) is 4.92. The molecule has 0 aliphatic heterocycles. The molecule has 0 saturated carbocycles. The van der Waals surface area contributed by atoms with E-state index in [0.717, 1.165) is 21.4 Å². The van der Waals surface area contributed by atoms with Crippen LogP contribution in [-0.2, 0) is 6.54 Å². The third kappa shape index (κ3) is 3.59. The Bertz CT molecular complexity index is 1110. The molecule has 0 unspecified atom stereocenters. The topological polar surface area (TPSA) is 42.2 Å². The van der Waals surface area contributed by atoms with E-state index in [2.05, 4.69) is 0 Å². The van der Waals surface area contributed by atoms with Gasteiger partial charge in [-0.1, -0.05) is 71.9 Å². The number of hydrogen-bond donors (Lipinski definition) is 1. The van der Waals surface area contributed by atoms with Gasteiger partial charge in [-0.15, -0.1) is 0 Å². The molecule has 4 aromatic rings. The average Bonchev–Trinajstić information content (AvgIpc) is 2.96. The van der Waals surface area contributed by atoms with Crippen molar-refractivity contribution in [1.29, 1.82) is 0 Å². The normalized spacial score (nSPS) is 11.0. The summed E-state index contributed by atoms with van der Waals surface area (Å²) in [6.45, 7) is 0.482. The van der Waals surface area contributed by atoms with Crippen molar-refractivity contribution in [3.63, 3.8) is 0 Å². The minimum Gasteiger partial charge on any atom is -0.477 e. The van der Waals surface area contributed by atoms with E-state index in [9.17, 15) is 9.90 Å². The summed E-state index contributed by atoms with van der Waals surface area (Å²) in [5, 5.41) is 11.4. The van der Waals surface area contributed by atoms with Crippen LogP contribution in [0.25, 0.3) is 10.9 Å². The first kappa shape index (κ1) is 17.7. The van der Waals surface area contributed by atoms with Gasteiger partial charge in [-0.2, -0.15) is 0 Å². The zero-order valence-corrected chi connectivity index (χ0v) is 15.9. The van der Waals surface area contributed by atoms with E-state index in [-0.39, 0.29) is 5.69 Å². The summed E-state index contributed by atoms with van der Waals surface area (Å²) in [5.74, 6) is -0.948. The number of nitrogens with zero attached hydrogens (tertiary/aromatic N) is 1. The van der Waals surface area contributed by atoms with Gasteiger partial charge in [-0.05, 0) is 35.9 Å². The molecular formula is C22H16ClNO2S. The van der Waals surface area contributed by atoms with Gasteiger partial charge in [-0.25, -0.2) is 4.79 Å². The lowest BCUT2D eigenvalue weighted by Crippen LogP contribution is -2.10. The van der Waals surface area contributed by atoms with Gasteiger partial charge in [0.05, 0.1) is 10.4 Å². The Labute approximate surface area is 166 Å². The second-order valence-corrected chi connectivity index (χ2v) is 7.65. The number of fused-ring (bicyclic) bond motifs is 1. The number of aromatic nitrogens is 1. The predicted octanol–water partition coefficient (Wildman–Crippen LogP) is 6.19. The number of aromatic carboxylic acids is 1. The van der Waals surface area contributed by atoms with E-state index >= 15 is 0 Å². The van der Waals surface area contributed by atoms with Gasteiger partial charge in [0.15, 0.2) is 0 Å². The van der Waals surface area contributed by atoms with E-state index in [0.29, 0.717) is 16.5 Å². The van der Waals surface area contributed by atoms with Crippen LogP contribution in [0, 0.1) is 0 Å². The predicted molar refractivity (Wildman–Crippen MR) is 110 cm³/mol. The Balaban J connectivity index is 1.93. The fourth-order valence-corrected chi connectivity index (χ4v) is 4.42. The summed E-state index contributed by atoms with van der Waals surface area (Å²) < 4.78 is 1.86. The Hall–Kier alpha value is -2.69. The largest absolute Gasteiger partial charge is 0.477 e. The van der Waals surface area contributed by atoms with Crippen LogP contribution in [0.15, 0.2) is 88.7 Å². The minimum absolute atomic E-state index is 0.282. The number of rotatable bonds is 5. The summed E-state index contributed by atoms with van der Waals surface area (Å²) in [5.41, 5.74) is 2.19. The molecule has 3 aromatic carbocycles. The molecule has 4 rings (SSSR count). The zero-order valence-electron chi connectivity index (χ0n) is 14.3. The van der Waals surface area contributed by atoms with E-state index < -0.39 is 5.97 Å². The summed E-state index contributed by atoms with van der Waals surface area (Å²) in [7, 11) is 0. The second-order valence-electron chi connectivity index (χ2n) is 6.13. The van der Waals surface area contributed by atoms with E-state index in [4.69, 9.17) is 11.6 Å². The van der Waals surface area contributed by atoms with Crippen LogP contribution >= 0.6 is 23.4 Å². The number of hydrogen-bond acceptors (Lipinski definition) is 2. The first-order valence-electron chi connectivity index (χ1n) is 8.45. The molecule has 134 valence electrons. The van der Waals surface area contributed by atoms with Crippen molar-refractivity contribution in [3.8, 4) is 0 Å². The molecule has 0 atom stereocenters. The first-order chi connectivity index (χ1) is 13.1. The highest BCUT2D eigenvalue weighted by Gasteiger charge is 2.23. The van der Waals surface area contributed by atoms with Crippen LogP contribution in [0.2, 0.25) is 5.02 Å². The zero-order chi connectivity index (χ0) is 18.8. The van der Waals surface area contributed by atoms with Gasteiger partial charge in [0, 0.05) is 21.8 Å². The monoisotopic (exact) mass is 393 g/mol. The van der Waals surface area contributed by atoms with Crippen molar-refractivity contribution in [1.82, 2.24) is 4.57 Å². The molecule has 27 heavy (non-hydrogen) atoms. The van der Waals surface area contributed by atoms with Crippen molar-refractivity contribution < 1.29 is 9.90 Å². The van der Waals surface area contributed by atoms with Gasteiger partial charge in [0.25, 0.3) is 0 Å². The Morgan fingerprint density at radius 2 is 1.63 bits per heavy atom. The molecule has 0 radical (unpaired) electrons. The van der Waals surface area contributed by atoms with Crippen LogP contribution in [0.1, 0.15) is 16.1 Å². The molecule has 0 spiro atoms. The second kappa shape index (κ2) is 7.51. The molecule has 0 fully saturated rings. The molecule has 1 heterocycles. The van der Waals surface area contributed by atoms with Crippen LogP contribution < -0.4 is 0 Å². The fraction of sp³-hybridized carbons (Fsp3) is 0.0455. The van der Waals surface area contributed by atoms with Gasteiger partial charge >= 0.3 is 5.97 Å². The van der Waals surface area contributed by atoms with E-state index in [1.165, 1.54) is 11.8 Å². The van der Waals surface area contributed by atoms with Gasteiger partial charge < -0.3 is 9.67 Å². The Morgan fingerprint density at radius 1 is 0.963 bits per heavy atom. The first-order valence-corrected chi connectivity index (χ1v) is 9.65. The van der Waals surface area contributed by atoms with Crippen molar-refractivity contribution in [2.45, 2.75) is 16.3 Å². The number of halogens is 1. The fourth-order valence-electron chi connectivity index (χ4n) is 3.15. The number of carbonyl (C=O) groups is 1. The van der Waals surface area contributed by atoms with Gasteiger partial charge in [0.1, 0.15) is 5.69 Å². The lowest BCUT2D eigenvalue weighted by molar-refractivity contribution is 0.0682. The summed E-state index contributed by atoms with van der Waals surface area (Å²) in [6.07, 6.45) is 0. The minimum atomic E-state index is -0.948. The number of benzene rings is 3. The Morgan fingerprint density at radius 3 is 2.30 bits per heavy atom. The van der Waals surface area contributed by atoms with Crippen molar-refractivity contribution in [2.75, 3.05) is 0 Å². The standard InChI is InChI=1S/C22H16ClNO2S/c23-16-11-12-19-18(13-16)21(27-17-9-5-2-6-10-17)20(22(25)26)24(19)14-15-7-3-1-4-8-15/h1-13H,14H2,(H,25,26). The van der Waals surface area contributed by atoms with E-state index in [1.54, 1.807) is 6.07 Å². The van der Waals surface area contributed by atoms with Gasteiger partial charge in [-0.3, -0.25) is 0 Å². The van der Waals surface area contributed by atoms with Crippen molar-refractivity contribution in [3.05, 3.63) is 95.1 Å².